The Balaban J connectivity index is 1.98. The second kappa shape index (κ2) is 5.16. The van der Waals surface area contributed by atoms with Crippen LogP contribution in [0, 0.1) is 6.92 Å². The topological polar surface area (TPSA) is 52.7 Å². The Morgan fingerprint density at radius 2 is 2.35 bits per heavy atom. The van der Waals surface area contributed by atoms with Gasteiger partial charge in [0.25, 0.3) is 0 Å². The van der Waals surface area contributed by atoms with Gasteiger partial charge in [0.2, 0.25) is 0 Å². The quantitative estimate of drug-likeness (QED) is 0.828. The minimum atomic E-state index is -0.215. The maximum atomic E-state index is 9.76. The molecule has 0 aromatic carbocycles. The predicted molar refractivity (Wildman–Crippen MR) is 64.6 cm³/mol. The van der Waals surface area contributed by atoms with Gasteiger partial charge in [-0.25, -0.2) is 0 Å². The Labute approximate surface area is 102 Å². The SMILES string of the molecule is Cc1cc(CN2CC(O)CC2CN(C)C)no1. The number of rotatable bonds is 4. The van der Waals surface area contributed by atoms with Crippen molar-refractivity contribution in [2.24, 2.45) is 0 Å². The highest BCUT2D eigenvalue weighted by atomic mass is 16.5. The monoisotopic (exact) mass is 239 g/mol. The summed E-state index contributed by atoms with van der Waals surface area (Å²) in [5.41, 5.74) is 0.945. The molecule has 1 saturated heterocycles. The lowest BCUT2D eigenvalue weighted by molar-refractivity contribution is 0.167. The molecule has 0 saturated carbocycles. The minimum absolute atomic E-state index is 0.215. The molecule has 1 fully saturated rings. The minimum Gasteiger partial charge on any atom is -0.392 e. The molecule has 2 atom stereocenters. The molecule has 0 bridgehead atoms. The fourth-order valence-electron chi connectivity index (χ4n) is 2.46. The van der Waals surface area contributed by atoms with Crippen LogP contribution in [-0.2, 0) is 6.54 Å². The van der Waals surface area contributed by atoms with Gasteiger partial charge in [0.05, 0.1) is 11.8 Å². The van der Waals surface area contributed by atoms with Crippen LogP contribution in [0.25, 0.3) is 0 Å². The first kappa shape index (κ1) is 12.5. The fraction of sp³-hybridized carbons (Fsp3) is 0.750. The van der Waals surface area contributed by atoms with Gasteiger partial charge in [-0.05, 0) is 27.4 Å². The Bertz CT molecular complexity index is 364. The molecule has 96 valence electrons. The standard InChI is InChI=1S/C12H21N3O2/c1-9-4-10(13-17-9)6-15-8-12(16)5-11(15)7-14(2)3/h4,11-12,16H,5-8H2,1-3H3. The zero-order valence-corrected chi connectivity index (χ0v) is 10.8. The van der Waals surface area contributed by atoms with Crippen LogP contribution >= 0.6 is 0 Å². The number of aromatic nitrogens is 1. The summed E-state index contributed by atoms with van der Waals surface area (Å²) in [4.78, 5) is 4.44. The van der Waals surface area contributed by atoms with Crippen molar-refractivity contribution in [2.75, 3.05) is 27.2 Å². The molecule has 1 aliphatic heterocycles. The summed E-state index contributed by atoms with van der Waals surface area (Å²) in [7, 11) is 4.12. The lowest BCUT2D eigenvalue weighted by atomic mass is 10.2. The molecule has 17 heavy (non-hydrogen) atoms. The molecule has 1 aromatic rings. The van der Waals surface area contributed by atoms with Gasteiger partial charge in [-0.15, -0.1) is 0 Å². The van der Waals surface area contributed by atoms with Crippen LogP contribution in [0.1, 0.15) is 17.9 Å². The fourth-order valence-corrected chi connectivity index (χ4v) is 2.46. The predicted octanol–water partition coefficient (Wildman–Crippen LogP) is 0.480. The lowest BCUT2D eigenvalue weighted by Crippen LogP contribution is -2.37. The average Bonchev–Trinajstić information content (AvgIpc) is 2.74. The normalized spacial score (nSPS) is 25.9. The molecular formula is C12H21N3O2. The number of aryl methyl sites for hydroxylation is 1. The van der Waals surface area contributed by atoms with Crippen molar-refractivity contribution in [3.8, 4) is 0 Å². The Kier molecular flexibility index (Phi) is 3.81. The van der Waals surface area contributed by atoms with Crippen molar-refractivity contribution < 1.29 is 9.63 Å². The van der Waals surface area contributed by atoms with Crippen molar-refractivity contribution in [2.45, 2.75) is 32.0 Å². The third-order valence-electron chi connectivity index (χ3n) is 3.12. The van der Waals surface area contributed by atoms with E-state index in [1.54, 1.807) is 0 Å². The van der Waals surface area contributed by atoms with E-state index in [0.717, 1.165) is 37.5 Å². The van der Waals surface area contributed by atoms with E-state index in [9.17, 15) is 5.11 Å². The van der Waals surface area contributed by atoms with E-state index >= 15 is 0 Å². The molecule has 1 aromatic heterocycles. The first-order valence-corrected chi connectivity index (χ1v) is 6.03. The zero-order valence-electron chi connectivity index (χ0n) is 10.8. The Morgan fingerprint density at radius 3 is 2.94 bits per heavy atom. The van der Waals surface area contributed by atoms with Gasteiger partial charge in [-0.1, -0.05) is 5.16 Å². The summed E-state index contributed by atoms with van der Waals surface area (Å²) in [6.45, 7) is 4.35. The second-order valence-electron chi connectivity index (χ2n) is 5.16. The third-order valence-corrected chi connectivity index (χ3v) is 3.12. The number of hydrogen-bond acceptors (Lipinski definition) is 5. The van der Waals surface area contributed by atoms with Crippen LogP contribution in [0.15, 0.2) is 10.6 Å². The number of β-amino-alcohol motifs (C(OH)–C–C–N with tert-alkyl or cyclic N) is 1. The number of aliphatic hydroxyl groups excluding tert-OH is 1. The van der Waals surface area contributed by atoms with Crippen LogP contribution in [-0.4, -0.2) is 59.4 Å². The molecule has 2 heterocycles. The maximum Gasteiger partial charge on any atom is 0.133 e. The summed E-state index contributed by atoms with van der Waals surface area (Å²) in [5.74, 6) is 0.837. The van der Waals surface area contributed by atoms with Crippen LogP contribution in [0.3, 0.4) is 0 Å². The van der Waals surface area contributed by atoms with E-state index in [-0.39, 0.29) is 6.10 Å². The highest BCUT2D eigenvalue weighted by molar-refractivity contribution is 5.04. The number of likely N-dealkylation sites (N-methyl/N-ethyl adjacent to an activating group) is 1. The van der Waals surface area contributed by atoms with Gasteiger partial charge in [0, 0.05) is 31.7 Å². The molecule has 5 nitrogen and oxygen atoms in total. The van der Waals surface area contributed by atoms with Gasteiger partial charge in [0.15, 0.2) is 0 Å². The van der Waals surface area contributed by atoms with Gasteiger partial charge in [-0.3, -0.25) is 4.90 Å². The van der Waals surface area contributed by atoms with Crippen molar-refractivity contribution in [1.82, 2.24) is 15.0 Å². The molecule has 0 radical (unpaired) electrons. The van der Waals surface area contributed by atoms with E-state index in [0.29, 0.717) is 6.04 Å². The summed E-state index contributed by atoms with van der Waals surface area (Å²) >= 11 is 0. The Hall–Kier alpha value is -0.910. The average molecular weight is 239 g/mol. The van der Waals surface area contributed by atoms with Gasteiger partial charge < -0.3 is 14.5 Å². The molecule has 1 N–H and O–H groups in total. The molecule has 0 amide bonds. The van der Waals surface area contributed by atoms with Crippen molar-refractivity contribution >= 4 is 0 Å². The van der Waals surface area contributed by atoms with Crippen LogP contribution in [0.5, 0.6) is 0 Å². The number of nitrogens with zero attached hydrogens (tertiary/aromatic N) is 3. The summed E-state index contributed by atoms with van der Waals surface area (Å²) in [5, 5.41) is 13.8. The summed E-state index contributed by atoms with van der Waals surface area (Å²) < 4.78 is 5.07. The molecule has 2 unspecified atom stereocenters. The highest BCUT2D eigenvalue weighted by Gasteiger charge is 2.31. The first-order chi connectivity index (χ1) is 8.04. The third kappa shape index (κ3) is 3.28. The van der Waals surface area contributed by atoms with Gasteiger partial charge >= 0.3 is 0 Å². The van der Waals surface area contributed by atoms with Gasteiger partial charge in [-0.2, -0.15) is 0 Å². The van der Waals surface area contributed by atoms with Crippen LogP contribution in [0.4, 0.5) is 0 Å². The van der Waals surface area contributed by atoms with E-state index in [1.807, 2.05) is 13.0 Å². The van der Waals surface area contributed by atoms with Crippen molar-refractivity contribution in [3.05, 3.63) is 17.5 Å². The van der Waals surface area contributed by atoms with Crippen molar-refractivity contribution in [3.63, 3.8) is 0 Å². The molecule has 1 aliphatic rings. The lowest BCUT2D eigenvalue weighted by Gasteiger charge is -2.25. The van der Waals surface area contributed by atoms with Gasteiger partial charge in [0.1, 0.15) is 5.76 Å². The number of likely N-dealkylation sites (tertiary alicyclic amines) is 1. The maximum absolute atomic E-state index is 9.76. The smallest absolute Gasteiger partial charge is 0.133 e. The highest BCUT2D eigenvalue weighted by Crippen LogP contribution is 2.20. The first-order valence-electron chi connectivity index (χ1n) is 6.03. The van der Waals surface area contributed by atoms with E-state index in [1.165, 1.54) is 0 Å². The van der Waals surface area contributed by atoms with Crippen LogP contribution in [0.2, 0.25) is 0 Å². The molecule has 2 rings (SSSR count). The van der Waals surface area contributed by atoms with Crippen LogP contribution < -0.4 is 0 Å². The second-order valence-corrected chi connectivity index (χ2v) is 5.16. The molecule has 0 aliphatic carbocycles. The summed E-state index contributed by atoms with van der Waals surface area (Å²) in [6, 6.07) is 2.36. The Morgan fingerprint density at radius 1 is 1.59 bits per heavy atom. The zero-order chi connectivity index (χ0) is 12.4. The molecule has 0 spiro atoms. The largest absolute Gasteiger partial charge is 0.392 e. The van der Waals surface area contributed by atoms with E-state index in [4.69, 9.17) is 4.52 Å². The number of hydrogen-bond donors (Lipinski definition) is 1. The summed E-state index contributed by atoms with van der Waals surface area (Å²) in [6.07, 6.45) is 0.627. The number of aliphatic hydroxyl groups is 1. The molecule has 5 heteroatoms. The molecular weight excluding hydrogens is 218 g/mol. The van der Waals surface area contributed by atoms with E-state index in [2.05, 4.69) is 29.1 Å². The van der Waals surface area contributed by atoms with E-state index < -0.39 is 0 Å². The van der Waals surface area contributed by atoms with Crippen molar-refractivity contribution in [1.29, 1.82) is 0 Å².